The third-order valence-electron chi connectivity index (χ3n) is 7.46. The highest BCUT2D eigenvalue weighted by Crippen LogP contribution is 2.59. The Morgan fingerprint density at radius 2 is 2.10 bits per heavy atom. The zero-order valence-electron chi connectivity index (χ0n) is 17.8. The van der Waals surface area contributed by atoms with Gasteiger partial charge in [-0.3, -0.25) is 10.1 Å². The van der Waals surface area contributed by atoms with Crippen molar-refractivity contribution in [2.75, 3.05) is 10.6 Å². The number of benzene rings is 1. The second-order valence-corrected chi connectivity index (χ2v) is 10.5. The summed E-state index contributed by atoms with van der Waals surface area (Å²) in [5.41, 5.74) is 1.42. The maximum atomic E-state index is 13.4. The summed E-state index contributed by atoms with van der Waals surface area (Å²) in [6, 6.07) is 5.31. The number of amides is 2. The molecule has 1 aromatic heterocycles. The molecule has 2 amide bonds. The predicted octanol–water partition coefficient (Wildman–Crippen LogP) is 5.18. The molecule has 3 aliphatic rings. The highest BCUT2D eigenvalue weighted by Gasteiger charge is 2.58. The SMILES string of the molecule is C[C@@H]1C(=O)O[C@H]2[C@H]1CC[C@@]1(C)Cc3sc(NC(=O)Nc4cccc(F)c4)nc3[C@@H](C)[C@H]21. The Kier molecular flexibility index (Phi) is 4.80. The minimum absolute atomic E-state index is 0.0395. The van der Waals surface area contributed by atoms with E-state index in [4.69, 9.17) is 9.72 Å². The van der Waals surface area contributed by atoms with Crippen LogP contribution in [0.4, 0.5) is 20.0 Å². The van der Waals surface area contributed by atoms with Crippen molar-refractivity contribution in [3.63, 3.8) is 0 Å². The molecule has 1 aliphatic heterocycles. The number of hydrogen-bond donors (Lipinski definition) is 2. The van der Waals surface area contributed by atoms with Crippen LogP contribution in [0.15, 0.2) is 24.3 Å². The maximum absolute atomic E-state index is 13.4. The van der Waals surface area contributed by atoms with Crippen molar-refractivity contribution >= 4 is 34.2 Å². The smallest absolute Gasteiger partial charge is 0.325 e. The number of nitrogens with zero attached hydrogens (tertiary/aromatic N) is 1. The van der Waals surface area contributed by atoms with E-state index in [1.807, 2.05) is 6.92 Å². The number of ether oxygens (including phenoxy) is 1. The van der Waals surface area contributed by atoms with Crippen molar-refractivity contribution in [1.29, 1.82) is 0 Å². The number of fused-ring (bicyclic) bond motifs is 4. The predicted molar refractivity (Wildman–Crippen MR) is 117 cm³/mol. The Balaban J connectivity index is 1.37. The second kappa shape index (κ2) is 7.29. The molecule has 1 saturated carbocycles. The molecule has 2 aromatic rings. The number of carbonyl (C=O) groups is 2. The minimum atomic E-state index is -0.452. The number of urea groups is 1. The van der Waals surface area contributed by atoms with Crippen LogP contribution in [0, 0.1) is 29.0 Å². The molecule has 2 N–H and O–H groups in total. The van der Waals surface area contributed by atoms with E-state index in [0.717, 1.165) is 25.0 Å². The lowest BCUT2D eigenvalue weighted by Crippen LogP contribution is -2.50. The number of carbonyl (C=O) groups excluding carboxylic acids is 2. The summed E-state index contributed by atoms with van der Waals surface area (Å²) < 4.78 is 19.2. The molecule has 164 valence electrons. The Bertz CT molecular complexity index is 1060. The van der Waals surface area contributed by atoms with Crippen molar-refractivity contribution in [2.45, 2.75) is 52.1 Å². The fraction of sp³-hybridized carbons (Fsp3) is 0.522. The summed E-state index contributed by atoms with van der Waals surface area (Å²) in [5, 5.41) is 5.96. The van der Waals surface area contributed by atoms with E-state index in [2.05, 4.69) is 24.5 Å². The number of hydrogen-bond acceptors (Lipinski definition) is 5. The van der Waals surface area contributed by atoms with Gasteiger partial charge < -0.3 is 10.1 Å². The van der Waals surface area contributed by atoms with E-state index in [1.54, 1.807) is 12.1 Å². The molecule has 5 rings (SSSR count). The van der Waals surface area contributed by atoms with Crippen molar-refractivity contribution in [1.82, 2.24) is 4.98 Å². The van der Waals surface area contributed by atoms with Crippen LogP contribution in [0.2, 0.25) is 0 Å². The lowest BCUT2D eigenvalue weighted by molar-refractivity contribution is -0.149. The molecule has 31 heavy (non-hydrogen) atoms. The van der Waals surface area contributed by atoms with Crippen molar-refractivity contribution in [3.8, 4) is 0 Å². The molecular weight excluding hydrogens is 417 g/mol. The van der Waals surface area contributed by atoms with Gasteiger partial charge in [-0.2, -0.15) is 0 Å². The zero-order valence-corrected chi connectivity index (χ0v) is 18.6. The molecule has 2 fully saturated rings. The first-order valence-electron chi connectivity index (χ1n) is 10.8. The average Bonchev–Trinajstić information content (AvgIpc) is 3.21. The van der Waals surface area contributed by atoms with Gasteiger partial charge in [0.2, 0.25) is 0 Å². The Morgan fingerprint density at radius 3 is 2.87 bits per heavy atom. The number of halogens is 1. The van der Waals surface area contributed by atoms with Crippen LogP contribution in [0.1, 0.15) is 50.1 Å². The van der Waals surface area contributed by atoms with E-state index in [1.165, 1.54) is 28.3 Å². The molecule has 2 aliphatic carbocycles. The fourth-order valence-electron chi connectivity index (χ4n) is 5.96. The molecule has 8 heteroatoms. The molecule has 0 unspecified atom stereocenters. The van der Waals surface area contributed by atoms with E-state index in [-0.39, 0.29) is 41.2 Å². The number of aromatic nitrogens is 1. The van der Waals surface area contributed by atoms with Crippen LogP contribution in [0.3, 0.4) is 0 Å². The van der Waals surface area contributed by atoms with E-state index in [0.29, 0.717) is 10.8 Å². The first-order chi connectivity index (χ1) is 14.7. The highest BCUT2D eigenvalue weighted by molar-refractivity contribution is 7.15. The first-order valence-corrected chi connectivity index (χ1v) is 11.6. The van der Waals surface area contributed by atoms with Gasteiger partial charge in [0, 0.05) is 28.3 Å². The quantitative estimate of drug-likeness (QED) is 0.627. The summed E-state index contributed by atoms with van der Waals surface area (Å²) >= 11 is 1.50. The summed E-state index contributed by atoms with van der Waals surface area (Å²) in [5.74, 6) is 0.117. The van der Waals surface area contributed by atoms with Crippen molar-refractivity contribution < 1.29 is 18.7 Å². The number of nitrogens with one attached hydrogen (secondary N) is 2. The third-order valence-corrected chi connectivity index (χ3v) is 8.45. The molecular formula is C23H26FN3O3S. The molecule has 1 saturated heterocycles. The molecule has 1 aromatic carbocycles. The molecule has 0 bridgehead atoms. The van der Waals surface area contributed by atoms with Crippen LogP contribution in [0.5, 0.6) is 0 Å². The number of rotatable bonds is 2. The highest BCUT2D eigenvalue weighted by atomic mass is 32.1. The Labute approximate surface area is 184 Å². The van der Waals surface area contributed by atoms with Gasteiger partial charge in [0.25, 0.3) is 0 Å². The second-order valence-electron chi connectivity index (χ2n) is 9.45. The largest absolute Gasteiger partial charge is 0.461 e. The van der Waals surface area contributed by atoms with Crippen LogP contribution >= 0.6 is 11.3 Å². The van der Waals surface area contributed by atoms with Gasteiger partial charge in [-0.15, -0.1) is 11.3 Å². The van der Waals surface area contributed by atoms with Gasteiger partial charge in [0.15, 0.2) is 5.13 Å². The zero-order chi connectivity index (χ0) is 21.9. The molecule has 0 spiro atoms. The van der Waals surface area contributed by atoms with E-state index in [9.17, 15) is 14.0 Å². The summed E-state index contributed by atoms with van der Waals surface area (Å²) in [6.45, 7) is 6.45. The summed E-state index contributed by atoms with van der Waals surface area (Å²) in [4.78, 5) is 30.6. The summed E-state index contributed by atoms with van der Waals surface area (Å²) in [6.07, 6.45) is 2.88. The third kappa shape index (κ3) is 3.41. The van der Waals surface area contributed by atoms with E-state index >= 15 is 0 Å². The maximum Gasteiger partial charge on any atom is 0.325 e. The normalized spacial score (nSPS) is 33.7. The Hall–Kier alpha value is -2.48. The van der Waals surface area contributed by atoms with Gasteiger partial charge in [-0.1, -0.05) is 26.8 Å². The standard InChI is InChI=1S/C23H26FN3O3S/c1-11-15-7-8-23(3)10-16-18(12(2)17(23)19(15)30-20(11)28)26-22(31-16)27-21(29)25-14-6-4-5-13(24)9-14/h4-6,9,11-12,15,17,19H,7-8,10H2,1-3H3,(H2,25,26,27,29)/t11-,12-,15-,17+,19-,23-/m0/s1. The lowest BCUT2D eigenvalue weighted by Gasteiger charge is -2.51. The number of anilines is 2. The van der Waals surface area contributed by atoms with Gasteiger partial charge in [-0.05, 0) is 42.9 Å². The van der Waals surface area contributed by atoms with Gasteiger partial charge in [0.1, 0.15) is 11.9 Å². The van der Waals surface area contributed by atoms with Crippen LogP contribution < -0.4 is 10.6 Å². The molecule has 6 nitrogen and oxygen atoms in total. The van der Waals surface area contributed by atoms with Crippen LogP contribution in [-0.2, 0) is 16.0 Å². The van der Waals surface area contributed by atoms with Crippen LogP contribution in [0.25, 0.3) is 0 Å². The van der Waals surface area contributed by atoms with E-state index < -0.39 is 11.8 Å². The molecule has 0 radical (unpaired) electrons. The molecule has 6 atom stereocenters. The monoisotopic (exact) mass is 443 g/mol. The van der Waals surface area contributed by atoms with Gasteiger partial charge in [-0.25, -0.2) is 14.2 Å². The van der Waals surface area contributed by atoms with Crippen LogP contribution in [-0.4, -0.2) is 23.1 Å². The minimum Gasteiger partial charge on any atom is -0.461 e. The number of thiazole rings is 1. The fourth-order valence-corrected chi connectivity index (χ4v) is 7.22. The van der Waals surface area contributed by atoms with Gasteiger partial charge >= 0.3 is 12.0 Å². The lowest BCUT2D eigenvalue weighted by atomic mass is 9.54. The molecule has 2 heterocycles. The number of esters is 1. The average molecular weight is 444 g/mol. The first kappa shape index (κ1) is 20.4. The topological polar surface area (TPSA) is 80.3 Å². The van der Waals surface area contributed by atoms with Gasteiger partial charge in [0.05, 0.1) is 11.6 Å². The Morgan fingerprint density at radius 1 is 1.29 bits per heavy atom. The van der Waals surface area contributed by atoms with Crippen molar-refractivity contribution in [3.05, 3.63) is 40.7 Å². The summed E-state index contributed by atoms with van der Waals surface area (Å²) in [7, 11) is 0. The van der Waals surface area contributed by atoms with Crippen molar-refractivity contribution in [2.24, 2.45) is 23.2 Å².